The van der Waals surface area contributed by atoms with Crippen molar-refractivity contribution in [2.24, 2.45) is 13.0 Å². The molecule has 6 nitrogen and oxygen atoms in total. The third-order valence-corrected chi connectivity index (χ3v) is 4.81. The van der Waals surface area contributed by atoms with Crippen LogP contribution in [0.15, 0.2) is 24.3 Å². The third kappa shape index (κ3) is 4.86. The second-order valence-corrected chi connectivity index (χ2v) is 8.68. The molecule has 28 heavy (non-hydrogen) atoms. The molecule has 2 amide bonds. The topological polar surface area (TPSA) is 72.4 Å². The Morgan fingerprint density at radius 3 is 2.21 bits per heavy atom. The summed E-state index contributed by atoms with van der Waals surface area (Å²) in [7, 11) is 2.01. The summed E-state index contributed by atoms with van der Waals surface area (Å²) < 4.78 is 7.41. The molecule has 2 rings (SSSR count). The van der Waals surface area contributed by atoms with Gasteiger partial charge < -0.3 is 19.9 Å². The van der Waals surface area contributed by atoms with Crippen LogP contribution in [0.2, 0.25) is 0 Å². The first kappa shape index (κ1) is 21.8. The number of ether oxygens (including phenoxy) is 1. The summed E-state index contributed by atoms with van der Waals surface area (Å²) in [4.78, 5) is 25.1. The minimum atomic E-state index is -0.674. The highest BCUT2D eigenvalue weighted by Gasteiger charge is 2.29. The van der Waals surface area contributed by atoms with E-state index in [-0.39, 0.29) is 17.9 Å². The Morgan fingerprint density at radius 1 is 1.07 bits per heavy atom. The van der Waals surface area contributed by atoms with Crippen molar-refractivity contribution in [1.82, 2.24) is 15.2 Å². The molecule has 1 aromatic heterocycles. The second kappa shape index (κ2) is 8.25. The van der Waals surface area contributed by atoms with Gasteiger partial charge in [0.25, 0.3) is 0 Å². The molecule has 1 aromatic carbocycles. The molecule has 1 heterocycles. The number of alkyl carbamates (subject to hydrolysis) is 1. The lowest BCUT2D eigenvalue weighted by atomic mass is 10.0. The molecule has 1 unspecified atom stereocenters. The van der Waals surface area contributed by atoms with E-state index in [1.807, 2.05) is 40.0 Å². The van der Waals surface area contributed by atoms with Crippen molar-refractivity contribution in [3.05, 3.63) is 35.5 Å². The van der Waals surface area contributed by atoms with Gasteiger partial charge >= 0.3 is 6.09 Å². The first-order valence-corrected chi connectivity index (χ1v) is 9.76. The third-order valence-electron chi connectivity index (χ3n) is 4.81. The Labute approximate surface area is 167 Å². The van der Waals surface area contributed by atoms with Crippen LogP contribution in [0.5, 0.6) is 0 Å². The number of aromatic nitrogens is 1. The minimum absolute atomic E-state index is 0.0756. The number of hydrogen-bond acceptors (Lipinski definition) is 3. The van der Waals surface area contributed by atoms with Gasteiger partial charge in [0.15, 0.2) is 0 Å². The molecule has 2 atom stereocenters. The molecule has 154 valence electrons. The average molecular weight is 388 g/mol. The highest BCUT2D eigenvalue weighted by Crippen LogP contribution is 2.28. The lowest BCUT2D eigenvalue weighted by Gasteiger charge is -2.26. The minimum Gasteiger partial charge on any atom is -0.444 e. The predicted molar refractivity (Wildman–Crippen MR) is 112 cm³/mol. The molecule has 0 aliphatic rings. The standard InChI is InChI=1S/C22H33N3O3/c1-13(2)18(24-21(27)28-22(5,6)7)20(26)23-15(4)19-14(3)16-11-9-10-12-17(16)25(19)8/h9-13,15,18H,1-8H3,(H,23,26)(H,24,27)/t15?,18-/m0/s1. The largest absolute Gasteiger partial charge is 0.444 e. The van der Waals surface area contributed by atoms with E-state index in [4.69, 9.17) is 4.74 Å². The fraction of sp³-hybridized carbons (Fsp3) is 0.545. The molecule has 6 heteroatoms. The molecular weight excluding hydrogens is 354 g/mol. The van der Waals surface area contributed by atoms with Crippen molar-refractivity contribution >= 4 is 22.9 Å². The smallest absolute Gasteiger partial charge is 0.408 e. The second-order valence-electron chi connectivity index (χ2n) is 8.68. The van der Waals surface area contributed by atoms with Crippen LogP contribution in [0.3, 0.4) is 0 Å². The van der Waals surface area contributed by atoms with Crippen molar-refractivity contribution in [1.29, 1.82) is 0 Å². The maximum atomic E-state index is 12.9. The van der Waals surface area contributed by atoms with Crippen molar-refractivity contribution < 1.29 is 14.3 Å². The molecule has 2 N–H and O–H groups in total. The number of carbonyl (C=O) groups excluding carboxylic acids is 2. The first-order chi connectivity index (χ1) is 12.9. The molecule has 0 saturated carbocycles. The predicted octanol–water partition coefficient (Wildman–Crippen LogP) is 4.21. The molecule has 0 spiro atoms. The summed E-state index contributed by atoms with van der Waals surface area (Å²) in [5.41, 5.74) is 2.71. The van der Waals surface area contributed by atoms with Crippen LogP contribution in [-0.4, -0.2) is 28.2 Å². The number of benzene rings is 1. The van der Waals surface area contributed by atoms with Gasteiger partial charge in [0.05, 0.1) is 6.04 Å². The van der Waals surface area contributed by atoms with E-state index >= 15 is 0 Å². The van der Waals surface area contributed by atoms with Gasteiger partial charge in [0, 0.05) is 23.6 Å². The Balaban J connectivity index is 2.18. The van der Waals surface area contributed by atoms with E-state index in [2.05, 4.69) is 34.3 Å². The summed E-state index contributed by atoms with van der Waals surface area (Å²) in [5.74, 6) is -0.300. The Kier molecular flexibility index (Phi) is 6.42. The molecule has 0 aliphatic carbocycles. The Morgan fingerprint density at radius 2 is 1.68 bits per heavy atom. The number of aryl methyl sites for hydroxylation is 2. The van der Waals surface area contributed by atoms with Gasteiger partial charge in [0.1, 0.15) is 11.6 Å². The van der Waals surface area contributed by atoms with Crippen LogP contribution in [0.25, 0.3) is 10.9 Å². The summed E-state index contributed by atoms with van der Waals surface area (Å²) >= 11 is 0. The van der Waals surface area contributed by atoms with E-state index in [9.17, 15) is 9.59 Å². The molecular formula is C22H33N3O3. The monoisotopic (exact) mass is 387 g/mol. The normalized spacial score (nSPS) is 14.0. The number of hydrogen-bond donors (Lipinski definition) is 2. The van der Waals surface area contributed by atoms with Crippen molar-refractivity contribution in [2.75, 3.05) is 0 Å². The molecule has 0 fully saturated rings. The number of para-hydroxylation sites is 1. The first-order valence-electron chi connectivity index (χ1n) is 9.76. The van der Waals surface area contributed by atoms with Gasteiger partial charge in [-0.05, 0) is 52.2 Å². The number of nitrogens with zero attached hydrogens (tertiary/aromatic N) is 1. The van der Waals surface area contributed by atoms with Gasteiger partial charge in [-0.25, -0.2) is 4.79 Å². The van der Waals surface area contributed by atoms with E-state index in [1.54, 1.807) is 20.8 Å². The number of nitrogens with one attached hydrogen (secondary N) is 2. The summed E-state index contributed by atoms with van der Waals surface area (Å²) in [6, 6.07) is 7.31. The van der Waals surface area contributed by atoms with Crippen molar-refractivity contribution in [3.63, 3.8) is 0 Å². The van der Waals surface area contributed by atoms with Crippen LogP contribution >= 0.6 is 0 Å². The number of fused-ring (bicyclic) bond motifs is 1. The quantitative estimate of drug-likeness (QED) is 0.807. The number of rotatable bonds is 5. The van der Waals surface area contributed by atoms with E-state index in [0.717, 1.165) is 16.8 Å². The maximum Gasteiger partial charge on any atom is 0.408 e. The number of amides is 2. The van der Waals surface area contributed by atoms with E-state index < -0.39 is 17.7 Å². The Bertz CT molecular complexity index is 823. The van der Waals surface area contributed by atoms with Gasteiger partial charge in [-0.2, -0.15) is 0 Å². The van der Waals surface area contributed by atoms with Crippen LogP contribution in [0.1, 0.15) is 58.8 Å². The van der Waals surface area contributed by atoms with Crippen molar-refractivity contribution in [2.45, 2.75) is 66.2 Å². The van der Waals surface area contributed by atoms with Crippen LogP contribution in [0, 0.1) is 12.8 Å². The lowest BCUT2D eigenvalue weighted by Crippen LogP contribution is -2.51. The lowest BCUT2D eigenvalue weighted by molar-refractivity contribution is -0.124. The highest BCUT2D eigenvalue weighted by molar-refractivity contribution is 5.88. The molecule has 0 aliphatic heterocycles. The summed E-state index contributed by atoms with van der Waals surface area (Å²) in [6.45, 7) is 13.2. The van der Waals surface area contributed by atoms with Crippen LogP contribution < -0.4 is 10.6 Å². The SMILES string of the molecule is Cc1c(C(C)NC(=O)[C@@H](NC(=O)OC(C)(C)C)C(C)C)n(C)c2ccccc12. The molecule has 0 saturated heterocycles. The number of carbonyl (C=O) groups is 2. The van der Waals surface area contributed by atoms with Gasteiger partial charge in [-0.1, -0.05) is 32.0 Å². The average Bonchev–Trinajstić information content (AvgIpc) is 2.82. The summed E-state index contributed by atoms with van der Waals surface area (Å²) in [6.07, 6.45) is -0.588. The zero-order valence-corrected chi connectivity index (χ0v) is 18.2. The van der Waals surface area contributed by atoms with Gasteiger partial charge in [0.2, 0.25) is 5.91 Å². The Hall–Kier alpha value is -2.50. The van der Waals surface area contributed by atoms with E-state index in [1.165, 1.54) is 5.39 Å². The van der Waals surface area contributed by atoms with Gasteiger partial charge in [-0.15, -0.1) is 0 Å². The zero-order valence-electron chi connectivity index (χ0n) is 18.2. The fourth-order valence-corrected chi connectivity index (χ4v) is 3.56. The maximum absolute atomic E-state index is 12.9. The molecule has 2 aromatic rings. The summed E-state index contributed by atoms with van der Waals surface area (Å²) in [5, 5.41) is 6.94. The fourth-order valence-electron chi connectivity index (χ4n) is 3.56. The van der Waals surface area contributed by atoms with Crippen LogP contribution in [0.4, 0.5) is 4.79 Å². The van der Waals surface area contributed by atoms with Crippen LogP contribution in [-0.2, 0) is 16.6 Å². The highest BCUT2D eigenvalue weighted by atomic mass is 16.6. The molecule has 0 radical (unpaired) electrons. The van der Waals surface area contributed by atoms with Crippen molar-refractivity contribution in [3.8, 4) is 0 Å². The van der Waals surface area contributed by atoms with E-state index in [0.29, 0.717) is 0 Å². The van der Waals surface area contributed by atoms with Gasteiger partial charge in [-0.3, -0.25) is 4.79 Å². The zero-order chi connectivity index (χ0) is 21.2. The molecule has 0 bridgehead atoms.